The van der Waals surface area contributed by atoms with Crippen molar-refractivity contribution >= 4 is 0 Å². The molecule has 0 saturated heterocycles. The Morgan fingerprint density at radius 3 is 2.04 bits per heavy atom. The summed E-state index contributed by atoms with van der Waals surface area (Å²) in [5.74, 6) is -2.06. The van der Waals surface area contributed by atoms with E-state index in [0.717, 1.165) is 37.0 Å². The Morgan fingerprint density at radius 2 is 1.43 bits per heavy atom. The second-order valence-corrected chi connectivity index (χ2v) is 6.52. The molecule has 0 aliphatic rings. The molecule has 0 radical (unpaired) electrons. The van der Waals surface area contributed by atoms with E-state index in [-0.39, 0.29) is 11.1 Å². The minimum atomic E-state index is -3.12. The van der Waals surface area contributed by atoms with Crippen LogP contribution in [0.1, 0.15) is 25.3 Å². The molecule has 3 aromatic carbocycles. The molecule has 0 amide bonds. The van der Waals surface area contributed by atoms with E-state index in [1.165, 1.54) is 17.7 Å². The van der Waals surface area contributed by atoms with Crippen LogP contribution in [-0.2, 0) is 6.42 Å². The summed E-state index contributed by atoms with van der Waals surface area (Å²) >= 11 is 0. The largest absolute Gasteiger partial charge is 0.432 e. The van der Waals surface area contributed by atoms with Gasteiger partial charge in [-0.15, -0.1) is 0 Å². The molecule has 3 rings (SSSR count). The van der Waals surface area contributed by atoms with Crippen molar-refractivity contribution in [2.45, 2.75) is 32.8 Å². The summed E-state index contributed by atoms with van der Waals surface area (Å²) in [5.41, 5.74) is 3.27. The number of unbranched alkanes of at least 4 members (excludes halogenated alkanes) is 1. The van der Waals surface area contributed by atoms with Gasteiger partial charge in [0.2, 0.25) is 0 Å². The molecule has 0 N–H and O–H groups in total. The second kappa shape index (κ2) is 8.91. The summed E-state index contributed by atoms with van der Waals surface area (Å²) < 4.78 is 57.1. The van der Waals surface area contributed by atoms with Gasteiger partial charge in [-0.25, -0.2) is 8.78 Å². The van der Waals surface area contributed by atoms with Gasteiger partial charge in [0.1, 0.15) is 5.82 Å². The van der Waals surface area contributed by atoms with E-state index in [0.29, 0.717) is 5.56 Å². The molecule has 146 valence electrons. The number of hydrogen-bond acceptors (Lipinski definition) is 1. The highest BCUT2D eigenvalue weighted by atomic mass is 19.3. The van der Waals surface area contributed by atoms with E-state index in [4.69, 9.17) is 0 Å². The molecule has 0 saturated carbocycles. The molecule has 1 nitrogen and oxygen atoms in total. The maximum atomic E-state index is 14.6. The van der Waals surface area contributed by atoms with E-state index in [1.807, 2.05) is 24.3 Å². The van der Waals surface area contributed by atoms with Crippen molar-refractivity contribution in [3.05, 3.63) is 77.9 Å². The molecule has 0 atom stereocenters. The van der Waals surface area contributed by atoms with Gasteiger partial charge in [0, 0.05) is 5.56 Å². The van der Waals surface area contributed by atoms with Crippen molar-refractivity contribution in [1.29, 1.82) is 0 Å². The van der Waals surface area contributed by atoms with Crippen LogP contribution in [0.25, 0.3) is 22.3 Å². The maximum Gasteiger partial charge on any atom is 0.387 e. The van der Waals surface area contributed by atoms with Crippen LogP contribution in [0.5, 0.6) is 5.75 Å². The zero-order valence-electron chi connectivity index (χ0n) is 15.4. The van der Waals surface area contributed by atoms with Gasteiger partial charge < -0.3 is 4.74 Å². The summed E-state index contributed by atoms with van der Waals surface area (Å²) in [6.45, 7) is -0.978. The first kappa shape index (κ1) is 19.9. The van der Waals surface area contributed by atoms with Gasteiger partial charge in [0.15, 0.2) is 11.6 Å². The number of hydrogen-bond donors (Lipinski definition) is 0. The zero-order valence-corrected chi connectivity index (χ0v) is 15.4. The molecule has 0 aliphatic carbocycles. The van der Waals surface area contributed by atoms with Crippen LogP contribution in [-0.4, -0.2) is 6.61 Å². The van der Waals surface area contributed by atoms with Crippen molar-refractivity contribution in [3.63, 3.8) is 0 Å². The first-order valence-corrected chi connectivity index (χ1v) is 9.11. The number of aryl methyl sites for hydroxylation is 1. The molecule has 5 heteroatoms. The molecule has 3 aromatic rings. The standard InChI is InChI=1S/C23H20F4O/c1-2-3-4-15-5-7-16(8-6-15)17-9-11-19(20(24)13-17)18-10-12-22(21(25)14-18)28-23(26)27/h5-14,23H,2-4H2,1H3. The molecular weight excluding hydrogens is 368 g/mol. The minimum Gasteiger partial charge on any atom is -0.432 e. The quantitative estimate of drug-likeness (QED) is 0.388. The van der Waals surface area contributed by atoms with Crippen LogP contribution in [0, 0.1) is 11.6 Å². The lowest BCUT2D eigenvalue weighted by atomic mass is 9.98. The normalized spacial score (nSPS) is 11.1. The Bertz CT molecular complexity index is 936. The van der Waals surface area contributed by atoms with Gasteiger partial charge in [-0.1, -0.05) is 55.8 Å². The van der Waals surface area contributed by atoms with Crippen LogP contribution < -0.4 is 4.74 Å². The van der Waals surface area contributed by atoms with Crippen LogP contribution in [0.15, 0.2) is 60.7 Å². The van der Waals surface area contributed by atoms with Gasteiger partial charge in [-0.2, -0.15) is 8.78 Å². The van der Waals surface area contributed by atoms with Gasteiger partial charge in [-0.05, 0) is 53.3 Å². The summed E-state index contributed by atoms with van der Waals surface area (Å²) in [7, 11) is 0. The van der Waals surface area contributed by atoms with Crippen molar-refractivity contribution in [2.24, 2.45) is 0 Å². The summed E-state index contributed by atoms with van der Waals surface area (Å²) in [5, 5.41) is 0. The fourth-order valence-corrected chi connectivity index (χ4v) is 3.03. The Balaban J connectivity index is 1.83. The molecule has 0 unspecified atom stereocenters. The molecule has 0 aliphatic heterocycles. The lowest BCUT2D eigenvalue weighted by Gasteiger charge is -2.10. The number of halogens is 4. The molecule has 0 aromatic heterocycles. The fraction of sp³-hybridized carbons (Fsp3) is 0.217. The fourth-order valence-electron chi connectivity index (χ4n) is 3.03. The minimum absolute atomic E-state index is 0.186. The molecule has 0 bridgehead atoms. The number of rotatable bonds is 7. The topological polar surface area (TPSA) is 9.23 Å². The van der Waals surface area contributed by atoms with Crippen molar-refractivity contribution in [3.8, 4) is 28.0 Å². The highest BCUT2D eigenvalue weighted by Gasteiger charge is 2.13. The lowest BCUT2D eigenvalue weighted by molar-refractivity contribution is -0.0521. The first-order chi connectivity index (χ1) is 13.5. The molecular formula is C23H20F4O. The van der Waals surface area contributed by atoms with Gasteiger partial charge >= 0.3 is 6.61 Å². The molecule has 28 heavy (non-hydrogen) atoms. The average Bonchev–Trinajstić information content (AvgIpc) is 2.68. The van der Waals surface area contributed by atoms with E-state index < -0.39 is 24.0 Å². The van der Waals surface area contributed by atoms with E-state index in [9.17, 15) is 17.6 Å². The number of alkyl halides is 2. The predicted molar refractivity (Wildman–Crippen MR) is 102 cm³/mol. The Labute approximate surface area is 161 Å². The van der Waals surface area contributed by atoms with Crippen molar-refractivity contribution in [1.82, 2.24) is 0 Å². The Hall–Kier alpha value is -2.82. The van der Waals surface area contributed by atoms with Gasteiger partial charge in [-0.3, -0.25) is 0 Å². The highest BCUT2D eigenvalue weighted by Crippen LogP contribution is 2.31. The highest BCUT2D eigenvalue weighted by molar-refractivity contribution is 5.71. The van der Waals surface area contributed by atoms with Gasteiger partial charge in [0.25, 0.3) is 0 Å². The SMILES string of the molecule is CCCCc1ccc(-c2ccc(-c3ccc(OC(F)F)c(F)c3)c(F)c2)cc1. The summed E-state index contributed by atoms with van der Waals surface area (Å²) in [6, 6.07) is 16.1. The monoisotopic (exact) mass is 388 g/mol. The maximum absolute atomic E-state index is 14.6. The number of ether oxygens (including phenoxy) is 1. The third-order valence-corrected chi connectivity index (χ3v) is 4.53. The molecule has 0 heterocycles. The van der Waals surface area contributed by atoms with Crippen molar-refractivity contribution in [2.75, 3.05) is 0 Å². The Morgan fingerprint density at radius 1 is 0.786 bits per heavy atom. The third-order valence-electron chi connectivity index (χ3n) is 4.53. The summed E-state index contributed by atoms with van der Waals surface area (Å²) in [6.07, 6.45) is 3.27. The summed E-state index contributed by atoms with van der Waals surface area (Å²) in [4.78, 5) is 0. The molecule has 0 spiro atoms. The second-order valence-electron chi connectivity index (χ2n) is 6.52. The van der Waals surface area contributed by atoms with Crippen LogP contribution in [0.3, 0.4) is 0 Å². The van der Waals surface area contributed by atoms with Crippen molar-refractivity contribution < 1.29 is 22.3 Å². The van der Waals surface area contributed by atoms with Gasteiger partial charge in [0.05, 0.1) is 0 Å². The average molecular weight is 388 g/mol. The smallest absolute Gasteiger partial charge is 0.387 e. The van der Waals surface area contributed by atoms with Crippen LogP contribution in [0.4, 0.5) is 17.6 Å². The van der Waals surface area contributed by atoms with E-state index in [2.05, 4.69) is 11.7 Å². The first-order valence-electron chi connectivity index (χ1n) is 9.11. The predicted octanol–water partition coefficient (Wildman–Crippen LogP) is 7.24. The number of benzene rings is 3. The Kier molecular flexibility index (Phi) is 6.34. The third kappa shape index (κ3) is 4.71. The lowest BCUT2D eigenvalue weighted by Crippen LogP contribution is -2.03. The van der Waals surface area contributed by atoms with Crippen LogP contribution in [0.2, 0.25) is 0 Å². The van der Waals surface area contributed by atoms with E-state index >= 15 is 0 Å². The van der Waals surface area contributed by atoms with E-state index in [1.54, 1.807) is 12.1 Å². The zero-order chi connectivity index (χ0) is 20.1. The molecule has 0 fully saturated rings. The van der Waals surface area contributed by atoms with Crippen LogP contribution >= 0.6 is 0 Å².